The predicted molar refractivity (Wildman–Crippen MR) is 158 cm³/mol. The number of ether oxygens (including phenoxy) is 3. The van der Waals surface area contributed by atoms with Crippen molar-refractivity contribution in [3.8, 4) is 0 Å². The monoisotopic (exact) mass is 569 g/mol. The fraction of sp³-hybridized carbons (Fsp3) is 0.906. The lowest BCUT2D eigenvalue weighted by Crippen LogP contribution is -2.44. The Balaban J connectivity index is 2.37. The lowest BCUT2D eigenvalue weighted by molar-refractivity contribution is -0.150. The number of esters is 2. The van der Waals surface area contributed by atoms with Crippen molar-refractivity contribution >= 4 is 18.0 Å². The average molecular weight is 570 g/mol. The second-order valence-corrected chi connectivity index (χ2v) is 12.4. The van der Waals surface area contributed by atoms with Crippen molar-refractivity contribution in [2.45, 2.75) is 174 Å². The second-order valence-electron chi connectivity index (χ2n) is 12.4. The molecule has 0 aliphatic carbocycles. The molecule has 1 aliphatic rings. The molecule has 8 heteroatoms. The molecule has 8 nitrogen and oxygen atoms in total. The van der Waals surface area contributed by atoms with Gasteiger partial charge in [0.1, 0.15) is 17.7 Å². The molecule has 234 valence electrons. The van der Waals surface area contributed by atoms with Crippen LogP contribution in [0.25, 0.3) is 0 Å². The number of aliphatic hydroxyl groups excluding tert-OH is 1. The summed E-state index contributed by atoms with van der Waals surface area (Å²) in [5, 5.41) is 10.0. The Hall–Kier alpha value is -1.83. The maximum absolute atomic E-state index is 12.6. The zero-order chi connectivity index (χ0) is 29.8. The second kappa shape index (κ2) is 21.0. The summed E-state index contributed by atoms with van der Waals surface area (Å²) in [5.74, 6) is -0.730. The minimum absolute atomic E-state index is 0.00434. The Morgan fingerprint density at radius 1 is 0.825 bits per heavy atom. The number of carbonyl (C=O) groups is 3. The number of rotatable bonds is 21. The number of unbranched alkanes of at least 4 members (excludes halogenated alkanes) is 11. The van der Waals surface area contributed by atoms with Crippen molar-refractivity contribution in [2.75, 3.05) is 13.2 Å². The van der Waals surface area contributed by atoms with Crippen molar-refractivity contribution < 1.29 is 33.7 Å². The number of amides is 1. The van der Waals surface area contributed by atoms with Gasteiger partial charge in [0.25, 0.3) is 0 Å². The topological polar surface area (TPSA) is 102 Å². The van der Waals surface area contributed by atoms with Crippen molar-refractivity contribution in [3.05, 3.63) is 0 Å². The summed E-state index contributed by atoms with van der Waals surface area (Å²) in [6.07, 6.45) is 16.7. The summed E-state index contributed by atoms with van der Waals surface area (Å²) < 4.78 is 16.6. The van der Waals surface area contributed by atoms with Crippen molar-refractivity contribution in [3.63, 3.8) is 0 Å². The number of β-amino-alcohol motifs (C(OH)–C–C–N with tert-alkyl or cyclic N) is 1. The molecule has 1 rings (SSSR count). The largest absolute Gasteiger partial charge is 0.464 e. The first-order valence-electron chi connectivity index (χ1n) is 16.1. The molecule has 1 saturated heterocycles. The number of hydrogen-bond donors (Lipinski definition) is 1. The number of likely N-dealkylation sites (tertiary alicyclic amines) is 1. The van der Waals surface area contributed by atoms with Crippen LogP contribution in [-0.4, -0.2) is 65.0 Å². The highest BCUT2D eigenvalue weighted by molar-refractivity contribution is 5.82. The summed E-state index contributed by atoms with van der Waals surface area (Å²) in [4.78, 5) is 38.8. The van der Waals surface area contributed by atoms with Crippen molar-refractivity contribution in [2.24, 2.45) is 0 Å². The normalized spacial score (nSPS) is 17.3. The van der Waals surface area contributed by atoms with Crippen LogP contribution in [0.15, 0.2) is 0 Å². The Morgan fingerprint density at radius 3 is 1.93 bits per heavy atom. The molecule has 1 fully saturated rings. The molecule has 1 heterocycles. The molecule has 0 radical (unpaired) electrons. The molecule has 1 N–H and O–H groups in total. The summed E-state index contributed by atoms with van der Waals surface area (Å²) in [5.41, 5.74) is -0.698. The Kier molecular flexibility index (Phi) is 19.0. The minimum Gasteiger partial charge on any atom is -0.464 e. The summed E-state index contributed by atoms with van der Waals surface area (Å²) in [6.45, 7) is 9.89. The van der Waals surface area contributed by atoms with Gasteiger partial charge in [0.05, 0.1) is 19.3 Å². The van der Waals surface area contributed by atoms with Gasteiger partial charge < -0.3 is 19.3 Å². The molecular weight excluding hydrogens is 510 g/mol. The molecule has 0 aromatic carbocycles. The van der Waals surface area contributed by atoms with E-state index in [0.717, 1.165) is 25.7 Å². The average Bonchev–Trinajstić information content (AvgIpc) is 3.28. The van der Waals surface area contributed by atoms with Gasteiger partial charge >= 0.3 is 18.0 Å². The lowest BCUT2D eigenvalue weighted by Gasteiger charge is -2.27. The molecule has 0 bridgehead atoms. The van der Waals surface area contributed by atoms with E-state index in [4.69, 9.17) is 14.2 Å². The SMILES string of the molecule is CCCCCCCCC(CCCCCCCC)OC(=O)CCCCOC(=O)[C@@H]1C[C@@H](O)CN1C(=O)OC(C)(C)C. The Morgan fingerprint density at radius 2 is 1.38 bits per heavy atom. The van der Waals surface area contributed by atoms with Gasteiger partial charge in [0.2, 0.25) is 0 Å². The fourth-order valence-electron chi connectivity index (χ4n) is 5.01. The molecule has 0 unspecified atom stereocenters. The number of nitrogens with zero attached hydrogens (tertiary/aromatic N) is 1. The first-order valence-corrected chi connectivity index (χ1v) is 16.1. The molecule has 0 aromatic heterocycles. The molecule has 1 amide bonds. The van der Waals surface area contributed by atoms with Gasteiger partial charge in [-0.15, -0.1) is 0 Å². The van der Waals surface area contributed by atoms with Gasteiger partial charge in [-0.1, -0.05) is 78.1 Å². The summed E-state index contributed by atoms with van der Waals surface area (Å²) in [7, 11) is 0. The zero-order valence-electron chi connectivity index (χ0n) is 26.2. The van der Waals surface area contributed by atoms with Crippen LogP contribution in [0, 0.1) is 0 Å². The van der Waals surface area contributed by atoms with Gasteiger partial charge in [-0.05, 0) is 59.3 Å². The highest BCUT2D eigenvalue weighted by Crippen LogP contribution is 2.23. The van der Waals surface area contributed by atoms with E-state index in [1.807, 2.05) is 0 Å². The Bertz CT molecular complexity index is 690. The van der Waals surface area contributed by atoms with Crippen LogP contribution in [0.2, 0.25) is 0 Å². The van der Waals surface area contributed by atoms with Gasteiger partial charge in [0.15, 0.2) is 0 Å². The van der Waals surface area contributed by atoms with Crippen LogP contribution in [-0.2, 0) is 23.8 Å². The first-order chi connectivity index (χ1) is 19.1. The molecular formula is C32H59NO7. The molecule has 0 aromatic rings. The molecule has 2 atom stereocenters. The van der Waals surface area contributed by atoms with E-state index in [9.17, 15) is 19.5 Å². The number of hydrogen-bond acceptors (Lipinski definition) is 7. The maximum Gasteiger partial charge on any atom is 0.411 e. The van der Waals surface area contributed by atoms with Crippen LogP contribution in [0.5, 0.6) is 0 Å². The van der Waals surface area contributed by atoms with E-state index in [2.05, 4.69) is 13.8 Å². The number of aliphatic hydroxyl groups is 1. The smallest absolute Gasteiger partial charge is 0.411 e. The first kappa shape index (κ1) is 36.2. The highest BCUT2D eigenvalue weighted by Gasteiger charge is 2.41. The van der Waals surface area contributed by atoms with E-state index >= 15 is 0 Å². The molecule has 0 saturated carbocycles. The highest BCUT2D eigenvalue weighted by atomic mass is 16.6. The van der Waals surface area contributed by atoms with E-state index in [-0.39, 0.29) is 31.6 Å². The van der Waals surface area contributed by atoms with E-state index < -0.39 is 29.8 Å². The van der Waals surface area contributed by atoms with Crippen molar-refractivity contribution in [1.82, 2.24) is 4.90 Å². The van der Waals surface area contributed by atoms with Crippen molar-refractivity contribution in [1.29, 1.82) is 0 Å². The third kappa shape index (κ3) is 17.1. The van der Waals surface area contributed by atoms with E-state index in [0.29, 0.717) is 19.3 Å². The van der Waals surface area contributed by atoms with Crippen LogP contribution in [0.3, 0.4) is 0 Å². The molecule has 1 aliphatic heterocycles. The predicted octanol–water partition coefficient (Wildman–Crippen LogP) is 7.48. The van der Waals surface area contributed by atoms with Crippen LogP contribution < -0.4 is 0 Å². The summed E-state index contributed by atoms with van der Waals surface area (Å²) >= 11 is 0. The maximum atomic E-state index is 12.6. The Labute approximate surface area is 243 Å². The third-order valence-electron chi connectivity index (χ3n) is 7.26. The van der Waals surface area contributed by atoms with Crippen LogP contribution in [0.4, 0.5) is 4.79 Å². The quantitative estimate of drug-likeness (QED) is 0.0868. The lowest BCUT2D eigenvalue weighted by atomic mass is 10.0. The van der Waals surface area contributed by atoms with E-state index in [1.54, 1.807) is 20.8 Å². The summed E-state index contributed by atoms with van der Waals surface area (Å²) in [6, 6.07) is -0.862. The minimum atomic E-state index is -0.862. The molecule has 0 spiro atoms. The standard InChI is InChI=1S/C32H59NO7/c1-6-8-10-12-14-16-20-27(21-17-15-13-11-9-7-2)39-29(35)22-18-19-23-38-30(36)28-24-26(34)25-33(28)31(37)40-32(3,4)5/h26-28,34H,6-25H2,1-5H3/t26-,28+/m1/s1. The zero-order valence-corrected chi connectivity index (χ0v) is 26.2. The molecule has 40 heavy (non-hydrogen) atoms. The van der Waals surface area contributed by atoms with Gasteiger partial charge in [0, 0.05) is 12.8 Å². The number of carbonyl (C=O) groups excluding carboxylic acids is 3. The van der Waals surface area contributed by atoms with Crippen LogP contribution >= 0.6 is 0 Å². The van der Waals surface area contributed by atoms with Gasteiger partial charge in [-0.2, -0.15) is 0 Å². The fourth-order valence-corrected chi connectivity index (χ4v) is 5.01. The van der Waals surface area contributed by atoms with Gasteiger partial charge in [-0.3, -0.25) is 9.69 Å². The third-order valence-corrected chi connectivity index (χ3v) is 7.26. The van der Waals surface area contributed by atoms with Crippen LogP contribution in [0.1, 0.15) is 150 Å². The van der Waals surface area contributed by atoms with Gasteiger partial charge in [-0.25, -0.2) is 9.59 Å². The van der Waals surface area contributed by atoms with E-state index in [1.165, 1.54) is 69.1 Å².